The third kappa shape index (κ3) is 4.52. The molecule has 1 saturated carbocycles. The normalized spacial score (nSPS) is 25.4. The maximum atomic E-state index is 11.3. The van der Waals surface area contributed by atoms with E-state index >= 15 is 0 Å². The molecule has 2 unspecified atom stereocenters. The van der Waals surface area contributed by atoms with Crippen molar-refractivity contribution >= 4 is 5.91 Å². The Bertz CT molecular complexity index is 216. The van der Waals surface area contributed by atoms with Crippen LogP contribution in [0.5, 0.6) is 0 Å². The monoisotopic (exact) mass is 226 g/mol. The first-order valence-electron chi connectivity index (χ1n) is 6.52. The lowest BCUT2D eigenvalue weighted by Gasteiger charge is -2.28. The molecule has 2 atom stereocenters. The number of carbonyl (C=O) groups excluding carboxylic acids is 1. The van der Waals surface area contributed by atoms with Gasteiger partial charge in [0.1, 0.15) is 0 Å². The van der Waals surface area contributed by atoms with Crippen LogP contribution in [-0.2, 0) is 4.79 Å². The molecule has 1 rings (SSSR count). The molecule has 0 aromatic heterocycles. The molecule has 16 heavy (non-hydrogen) atoms. The Kier molecular flexibility index (Phi) is 5.81. The smallest absolute Gasteiger partial charge is 0.223 e. The van der Waals surface area contributed by atoms with Crippen molar-refractivity contribution in [1.82, 2.24) is 10.2 Å². The van der Waals surface area contributed by atoms with Crippen molar-refractivity contribution in [3.05, 3.63) is 0 Å². The Morgan fingerprint density at radius 1 is 1.31 bits per heavy atom. The molecule has 1 amide bonds. The first-order chi connectivity index (χ1) is 7.61. The molecule has 3 nitrogen and oxygen atoms in total. The molecule has 1 aliphatic carbocycles. The third-order valence-corrected chi connectivity index (χ3v) is 3.71. The number of hydrogen-bond acceptors (Lipinski definition) is 2. The zero-order valence-corrected chi connectivity index (χ0v) is 11.0. The maximum Gasteiger partial charge on any atom is 0.223 e. The van der Waals surface area contributed by atoms with Crippen LogP contribution in [0.25, 0.3) is 0 Å². The first-order valence-corrected chi connectivity index (χ1v) is 6.52. The van der Waals surface area contributed by atoms with E-state index in [0.29, 0.717) is 6.42 Å². The molecule has 0 saturated heterocycles. The van der Waals surface area contributed by atoms with E-state index < -0.39 is 0 Å². The zero-order chi connectivity index (χ0) is 12.0. The van der Waals surface area contributed by atoms with E-state index in [1.807, 2.05) is 14.1 Å². The van der Waals surface area contributed by atoms with Crippen LogP contribution in [0.4, 0.5) is 0 Å². The van der Waals surface area contributed by atoms with E-state index in [0.717, 1.165) is 24.9 Å². The van der Waals surface area contributed by atoms with Crippen molar-refractivity contribution in [2.45, 2.75) is 39.0 Å². The molecule has 3 heteroatoms. The van der Waals surface area contributed by atoms with Gasteiger partial charge in [0.25, 0.3) is 0 Å². The summed E-state index contributed by atoms with van der Waals surface area (Å²) < 4.78 is 0. The Labute approximate surface area is 99.6 Å². The summed E-state index contributed by atoms with van der Waals surface area (Å²) in [4.78, 5) is 13.0. The SMILES string of the molecule is CC1CCCCC1CNCCC(=O)N(C)C. The molecule has 0 radical (unpaired) electrons. The molecule has 0 bridgehead atoms. The van der Waals surface area contributed by atoms with Gasteiger partial charge in [0.15, 0.2) is 0 Å². The van der Waals surface area contributed by atoms with Crippen LogP contribution in [0.2, 0.25) is 0 Å². The Balaban J connectivity index is 2.08. The van der Waals surface area contributed by atoms with Crippen molar-refractivity contribution in [1.29, 1.82) is 0 Å². The van der Waals surface area contributed by atoms with Gasteiger partial charge in [-0.15, -0.1) is 0 Å². The van der Waals surface area contributed by atoms with E-state index in [2.05, 4.69) is 12.2 Å². The second-order valence-corrected chi connectivity index (χ2v) is 5.26. The van der Waals surface area contributed by atoms with Gasteiger partial charge >= 0.3 is 0 Å². The molecular formula is C13H26N2O. The van der Waals surface area contributed by atoms with Gasteiger partial charge in [-0.1, -0.05) is 26.2 Å². The molecule has 1 fully saturated rings. The van der Waals surface area contributed by atoms with Crippen molar-refractivity contribution in [3.63, 3.8) is 0 Å². The largest absolute Gasteiger partial charge is 0.349 e. The summed E-state index contributed by atoms with van der Waals surface area (Å²) >= 11 is 0. The fourth-order valence-electron chi connectivity index (χ4n) is 2.40. The molecular weight excluding hydrogens is 200 g/mol. The standard InChI is InChI=1S/C13H26N2O/c1-11-6-4-5-7-12(11)10-14-9-8-13(16)15(2)3/h11-12,14H,4-10H2,1-3H3. The lowest BCUT2D eigenvalue weighted by molar-refractivity contribution is -0.128. The van der Waals surface area contributed by atoms with E-state index in [9.17, 15) is 4.79 Å². The van der Waals surface area contributed by atoms with E-state index in [1.54, 1.807) is 4.90 Å². The van der Waals surface area contributed by atoms with Crippen LogP contribution < -0.4 is 5.32 Å². The topological polar surface area (TPSA) is 32.3 Å². The van der Waals surface area contributed by atoms with Gasteiger partial charge in [-0.3, -0.25) is 4.79 Å². The minimum Gasteiger partial charge on any atom is -0.349 e. The highest BCUT2D eigenvalue weighted by Crippen LogP contribution is 2.28. The number of nitrogens with one attached hydrogen (secondary N) is 1. The Hall–Kier alpha value is -0.570. The summed E-state index contributed by atoms with van der Waals surface area (Å²) in [5, 5.41) is 3.42. The van der Waals surface area contributed by atoms with E-state index in [1.165, 1.54) is 25.7 Å². The molecule has 1 aliphatic rings. The van der Waals surface area contributed by atoms with Crippen LogP contribution in [-0.4, -0.2) is 38.0 Å². The minimum atomic E-state index is 0.212. The van der Waals surface area contributed by atoms with Gasteiger partial charge in [-0.25, -0.2) is 0 Å². The third-order valence-electron chi connectivity index (χ3n) is 3.71. The molecule has 0 aromatic carbocycles. The number of rotatable bonds is 5. The van der Waals surface area contributed by atoms with E-state index in [4.69, 9.17) is 0 Å². The zero-order valence-electron chi connectivity index (χ0n) is 11.0. The molecule has 0 heterocycles. The van der Waals surface area contributed by atoms with E-state index in [-0.39, 0.29) is 5.91 Å². The highest BCUT2D eigenvalue weighted by Gasteiger charge is 2.20. The van der Waals surface area contributed by atoms with Crippen molar-refractivity contribution in [2.24, 2.45) is 11.8 Å². The Morgan fingerprint density at radius 3 is 2.62 bits per heavy atom. The predicted molar refractivity (Wildman–Crippen MR) is 67.3 cm³/mol. The Morgan fingerprint density at radius 2 is 2.00 bits per heavy atom. The second kappa shape index (κ2) is 6.89. The van der Waals surface area contributed by atoms with Gasteiger partial charge in [-0.2, -0.15) is 0 Å². The summed E-state index contributed by atoms with van der Waals surface area (Å²) in [6.07, 6.45) is 6.14. The predicted octanol–water partition coefficient (Wildman–Crippen LogP) is 1.88. The second-order valence-electron chi connectivity index (χ2n) is 5.26. The number of nitrogens with zero attached hydrogens (tertiary/aromatic N) is 1. The minimum absolute atomic E-state index is 0.212. The molecule has 0 spiro atoms. The average molecular weight is 226 g/mol. The number of amides is 1. The summed E-state index contributed by atoms with van der Waals surface area (Å²) in [6, 6.07) is 0. The lowest BCUT2D eigenvalue weighted by Crippen LogP contribution is -2.32. The van der Waals surface area contributed by atoms with Crippen LogP contribution in [0.3, 0.4) is 0 Å². The average Bonchev–Trinajstić information content (AvgIpc) is 2.26. The highest BCUT2D eigenvalue weighted by molar-refractivity contribution is 5.75. The fourth-order valence-corrected chi connectivity index (χ4v) is 2.40. The lowest BCUT2D eigenvalue weighted by atomic mass is 9.80. The van der Waals surface area contributed by atoms with Crippen LogP contribution in [0, 0.1) is 11.8 Å². The quantitative estimate of drug-likeness (QED) is 0.726. The van der Waals surface area contributed by atoms with Crippen molar-refractivity contribution in [3.8, 4) is 0 Å². The van der Waals surface area contributed by atoms with Gasteiger partial charge in [0, 0.05) is 27.1 Å². The van der Waals surface area contributed by atoms with Gasteiger partial charge < -0.3 is 10.2 Å². The number of hydrogen-bond donors (Lipinski definition) is 1. The first kappa shape index (κ1) is 13.5. The van der Waals surface area contributed by atoms with Crippen LogP contribution in [0.1, 0.15) is 39.0 Å². The molecule has 0 aliphatic heterocycles. The number of carbonyl (C=O) groups is 1. The molecule has 0 aromatic rings. The highest BCUT2D eigenvalue weighted by atomic mass is 16.2. The van der Waals surface area contributed by atoms with Gasteiger partial charge in [0.05, 0.1) is 0 Å². The molecule has 1 N–H and O–H groups in total. The molecule has 94 valence electrons. The van der Waals surface area contributed by atoms with Crippen LogP contribution >= 0.6 is 0 Å². The summed E-state index contributed by atoms with van der Waals surface area (Å²) in [6.45, 7) is 4.26. The summed E-state index contributed by atoms with van der Waals surface area (Å²) in [5.41, 5.74) is 0. The van der Waals surface area contributed by atoms with Crippen molar-refractivity contribution in [2.75, 3.05) is 27.2 Å². The summed E-state index contributed by atoms with van der Waals surface area (Å²) in [7, 11) is 3.62. The maximum absolute atomic E-state index is 11.3. The van der Waals surface area contributed by atoms with Gasteiger partial charge in [-0.05, 0) is 24.8 Å². The van der Waals surface area contributed by atoms with Crippen molar-refractivity contribution < 1.29 is 4.79 Å². The van der Waals surface area contributed by atoms with Gasteiger partial charge in [0.2, 0.25) is 5.91 Å². The van der Waals surface area contributed by atoms with Crippen LogP contribution in [0.15, 0.2) is 0 Å². The fraction of sp³-hybridized carbons (Fsp3) is 0.923. The summed E-state index contributed by atoms with van der Waals surface area (Å²) in [5.74, 6) is 1.89.